The lowest BCUT2D eigenvalue weighted by atomic mass is 10.2. The van der Waals surface area contributed by atoms with Crippen molar-refractivity contribution in [3.63, 3.8) is 0 Å². The molecule has 1 aromatic carbocycles. The third-order valence-corrected chi connectivity index (χ3v) is 2.22. The molecule has 0 fully saturated rings. The summed E-state index contributed by atoms with van der Waals surface area (Å²) in [5.41, 5.74) is 1.07. The van der Waals surface area contributed by atoms with Gasteiger partial charge in [0, 0.05) is 26.2 Å². The normalized spacial score (nSPS) is 12.1. The monoisotopic (exact) mass is 231 g/mol. The summed E-state index contributed by atoms with van der Waals surface area (Å²) in [7, 11) is 3.91. The number of unbranched alkanes of at least 4 members (excludes halogenated alkanes) is 1. The molecule has 0 saturated heterocycles. The smallest absolute Gasteiger partial charge is 0.156 e. The van der Waals surface area contributed by atoms with Gasteiger partial charge in [-0.15, -0.1) is 0 Å². The molecule has 0 aromatic heterocycles. The van der Waals surface area contributed by atoms with Crippen LogP contribution in [-0.2, 0) is 0 Å². The lowest BCUT2D eigenvalue weighted by molar-refractivity contribution is 0.644. The van der Waals surface area contributed by atoms with E-state index in [1.165, 1.54) is 0 Å². The first-order chi connectivity index (χ1) is 8.24. The minimum absolute atomic E-state index is 0.813. The van der Waals surface area contributed by atoms with Gasteiger partial charge >= 0.3 is 0 Å². The third kappa shape index (κ3) is 5.29. The Balaban J connectivity index is 2.83. The number of benzene rings is 1. The fourth-order valence-electron chi connectivity index (χ4n) is 1.31. The molecule has 0 saturated carbocycles. The van der Waals surface area contributed by atoms with E-state index >= 15 is 0 Å². The van der Waals surface area contributed by atoms with Gasteiger partial charge in [-0.1, -0.05) is 43.7 Å². The molecule has 1 rings (SSSR count). The Morgan fingerprint density at radius 2 is 1.94 bits per heavy atom. The molecule has 92 valence electrons. The zero-order valence-corrected chi connectivity index (χ0v) is 10.9. The Morgan fingerprint density at radius 3 is 2.53 bits per heavy atom. The van der Waals surface area contributed by atoms with Crippen LogP contribution in [0.3, 0.4) is 0 Å². The van der Waals surface area contributed by atoms with Crippen molar-refractivity contribution in [2.75, 3.05) is 20.6 Å². The highest BCUT2D eigenvalue weighted by molar-refractivity contribution is 6.02. The van der Waals surface area contributed by atoms with Crippen LogP contribution >= 0.6 is 0 Å². The molecule has 0 radical (unpaired) electrons. The Hall–Kier alpha value is -1.64. The number of rotatable bonds is 5. The number of aliphatic imine (C=N–C) groups is 2. The van der Waals surface area contributed by atoms with Gasteiger partial charge in [-0.05, 0) is 6.42 Å². The minimum atomic E-state index is 0.813. The van der Waals surface area contributed by atoms with E-state index in [1.54, 1.807) is 6.34 Å². The van der Waals surface area contributed by atoms with E-state index in [2.05, 4.69) is 16.9 Å². The highest BCUT2D eigenvalue weighted by Crippen LogP contribution is 2.03. The second-order valence-electron chi connectivity index (χ2n) is 4.13. The summed E-state index contributed by atoms with van der Waals surface area (Å²) >= 11 is 0. The molecule has 0 spiro atoms. The van der Waals surface area contributed by atoms with Crippen LogP contribution in [0.4, 0.5) is 0 Å². The molecule has 0 atom stereocenters. The van der Waals surface area contributed by atoms with Gasteiger partial charge in [-0.3, -0.25) is 4.99 Å². The molecule has 0 aliphatic rings. The van der Waals surface area contributed by atoms with E-state index < -0.39 is 0 Å². The van der Waals surface area contributed by atoms with Crippen molar-refractivity contribution in [3.8, 4) is 0 Å². The summed E-state index contributed by atoms with van der Waals surface area (Å²) in [4.78, 5) is 10.9. The van der Waals surface area contributed by atoms with Crippen molar-refractivity contribution in [1.82, 2.24) is 4.90 Å². The maximum absolute atomic E-state index is 4.55. The Labute approximate surface area is 104 Å². The van der Waals surface area contributed by atoms with Gasteiger partial charge in [0.1, 0.15) is 0 Å². The Kier molecular flexibility index (Phi) is 6.00. The SMILES string of the molecule is CCCCN=C(N=CN(C)C)c1ccccc1. The quantitative estimate of drug-likeness (QED) is 0.435. The van der Waals surface area contributed by atoms with E-state index in [9.17, 15) is 0 Å². The molecule has 0 aliphatic heterocycles. The standard InChI is InChI=1S/C14H21N3/c1-4-5-11-15-14(16-12-17(2)3)13-9-7-6-8-10-13/h6-10,12H,4-5,11H2,1-3H3. The molecule has 0 bridgehead atoms. The van der Waals surface area contributed by atoms with E-state index in [4.69, 9.17) is 0 Å². The number of amidine groups is 1. The van der Waals surface area contributed by atoms with Crippen molar-refractivity contribution in [3.05, 3.63) is 35.9 Å². The summed E-state index contributed by atoms with van der Waals surface area (Å²) < 4.78 is 0. The first-order valence-electron chi connectivity index (χ1n) is 6.04. The second kappa shape index (κ2) is 7.60. The molecule has 1 aromatic rings. The largest absolute Gasteiger partial charge is 0.369 e. The fourth-order valence-corrected chi connectivity index (χ4v) is 1.31. The highest BCUT2D eigenvalue weighted by atomic mass is 15.1. The second-order valence-corrected chi connectivity index (χ2v) is 4.13. The van der Waals surface area contributed by atoms with Gasteiger partial charge in [-0.25, -0.2) is 4.99 Å². The van der Waals surface area contributed by atoms with Crippen LogP contribution < -0.4 is 0 Å². The van der Waals surface area contributed by atoms with Crippen LogP contribution in [0.15, 0.2) is 40.3 Å². The van der Waals surface area contributed by atoms with Crippen LogP contribution in [0.25, 0.3) is 0 Å². The summed E-state index contributed by atoms with van der Waals surface area (Å²) in [5.74, 6) is 0.813. The predicted molar refractivity (Wildman–Crippen MR) is 74.9 cm³/mol. The summed E-state index contributed by atoms with van der Waals surface area (Å²) in [6, 6.07) is 10.1. The zero-order chi connectivity index (χ0) is 12.5. The Morgan fingerprint density at radius 1 is 1.24 bits per heavy atom. The molecular weight excluding hydrogens is 210 g/mol. The number of hydrogen-bond donors (Lipinski definition) is 0. The van der Waals surface area contributed by atoms with E-state index in [-0.39, 0.29) is 0 Å². The highest BCUT2D eigenvalue weighted by Gasteiger charge is 1.99. The van der Waals surface area contributed by atoms with Crippen molar-refractivity contribution in [1.29, 1.82) is 0 Å². The van der Waals surface area contributed by atoms with Gasteiger partial charge in [0.25, 0.3) is 0 Å². The number of hydrogen-bond acceptors (Lipinski definition) is 1. The summed E-state index contributed by atoms with van der Waals surface area (Å²) in [5, 5.41) is 0. The first kappa shape index (κ1) is 13.4. The molecule has 0 N–H and O–H groups in total. The molecule has 3 heteroatoms. The summed E-state index contributed by atoms with van der Waals surface area (Å²) in [6.45, 7) is 3.01. The minimum Gasteiger partial charge on any atom is -0.369 e. The van der Waals surface area contributed by atoms with Crippen molar-refractivity contribution >= 4 is 12.2 Å². The zero-order valence-electron chi connectivity index (χ0n) is 10.9. The predicted octanol–water partition coefficient (Wildman–Crippen LogP) is 2.82. The lowest BCUT2D eigenvalue weighted by Gasteiger charge is -2.05. The maximum Gasteiger partial charge on any atom is 0.156 e. The van der Waals surface area contributed by atoms with Crippen LogP contribution in [0.5, 0.6) is 0 Å². The molecule has 0 aliphatic carbocycles. The van der Waals surface area contributed by atoms with E-state index in [0.717, 1.165) is 30.8 Å². The maximum atomic E-state index is 4.55. The third-order valence-electron chi connectivity index (χ3n) is 2.22. The van der Waals surface area contributed by atoms with Gasteiger partial charge in [0.05, 0.1) is 6.34 Å². The van der Waals surface area contributed by atoms with Crippen LogP contribution in [-0.4, -0.2) is 37.7 Å². The van der Waals surface area contributed by atoms with Crippen LogP contribution in [0, 0.1) is 0 Å². The molecule has 0 heterocycles. The molecule has 17 heavy (non-hydrogen) atoms. The number of nitrogens with zero attached hydrogens (tertiary/aromatic N) is 3. The van der Waals surface area contributed by atoms with Crippen LogP contribution in [0.1, 0.15) is 25.3 Å². The average molecular weight is 231 g/mol. The van der Waals surface area contributed by atoms with Gasteiger partial charge in [-0.2, -0.15) is 0 Å². The average Bonchev–Trinajstić information content (AvgIpc) is 2.34. The van der Waals surface area contributed by atoms with Crippen molar-refractivity contribution in [2.45, 2.75) is 19.8 Å². The molecule has 0 amide bonds. The van der Waals surface area contributed by atoms with E-state index in [0.29, 0.717) is 0 Å². The lowest BCUT2D eigenvalue weighted by Crippen LogP contribution is -2.10. The van der Waals surface area contributed by atoms with Crippen molar-refractivity contribution < 1.29 is 0 Å². The topological polar surface area (TPSA) is 28.0 Å². The Bertz CT molecular complexity index is 366. The van der Waals surface area contributed by atoms with Crippen molar-refractivity contribution in [2.24, 2.45) is 9.98 Å². The fraction of sp³-hybridized carbons (Fsp3) is 0.429. The summed E-state index contributed by atoms with van der Waals surface area (Å²) in [6.07, 6.45) is 4.05. The van der Waals surface area contributed by atoms with E-state index in [1.807, 2.05) is 49.3 Å². The van der Waals surface area contributed by atoms with Crippen LogP contribution in [0.2, 0.25) is 0 Å². The van der Waals surface area contributed by atoms with Gasteiger partial charge in [0.2, 0.25) is 0 Å². The van der Waals surface area contributed by atoms with Gasteiger partial charge in [0.15, 0.2) is 5.84 Å². The molecule has 3 nitrogen and oxygen atoms in total. The van der Waals surface area contributed by atoms with Gasteiger partial charge < -0.3 is 4.90 Å². The first-order valence-corrected chi connectivity index (χ1v) is 6.04. The molecule has 0 unspecified atom stereocenters. The molecular formula is C14H21N3.